The Morgan fingerprint density at radius 1 is 1.16 bits per heavy atom. The first-order chi connectivity index (χ1) is 18.3. The molecule has 5 rings (SSSR count). The van der Waals surface area contributed by atoms with E-state index in [4.69, 9.17) is 16.3 Å². The van der Waals surface area contributed by atoms with Crippen molar-refractivity contribution in [3.63, 3.8) is 0 Å². The van der Waals surface area contributed by atoms with Crippen LogP contribution in [-0.2, 0) is 22.5 Å². The van der Waals surface area contributed by atoms with E-state index in [0.717, 1.165) is 29.5 Å². The summed E-state index contributed by atoms with van der Waals surface area (Å²) in [4.78, 5) is 36.7. The number of aromatic nitrogens is 2. The quantitative estimate of drug-likeness (QED) is 0.443. The summed E-state index contributed by atoms with van der Waals surface area (Å²) >= 11 is 6.46. The largest absolute Gasteiger partial charge is 0.381 e. The minimum absolute atomic E-state index is 0.00546. The number of hydrogen-bond donors (Lipinski definition) is 2. The summed E-state index contributed by atoms with van der Waals surface area (Å²) < 4.78 is 5.42. The number of hydrogen-bond acceptors (Lipinski definition) is 6. The van der Waals surface area contributed by atoms with Gasteiger partial charge in [-0.2, -0.15) is 0 Å². The Hall–Kier alpha value is -3.49. The van der Waals surface area contributed by atoms with Crippen molar-refractivity contribution in [3.05, 3.63) is 76.4 Å². The van der Waals surface area contributed by atoms with Gasteiger partial charge in [0.25, 0.3) is 5.91 Å². The topological polar surface area (TPSA) is 96.5 Å². The molecule has 1 aromatic heterocycles. The third-order valence-electron chi connectivity index (χ3n) is 6.86. The zero-order valence-corrected chi connectivity index (χ0v) is 22.4. The SMILES string of the molecule is CC(C)(Cc1ccccc1)NC(=O)CN1Cc2ccc(-c3nc(NC4CCOCC4)ncc3Cl)cc2C1=O. The van der Waals surface area contributed by atoms with Gasteiger partial charge in [0, 0.05) is 42.5 Å². The molecule has 0 bridgehead atoms. The fourth-order valence-electron chi connectivity index (χ4n) is 5.04. The van der Waals surface area contributed by atoms with Gasteiger partial charge in [-0.25, -0.2) is 9.97 Å². The summed E-state index contributed by atoms with van der Waals surface area (Å²) in [6, 6.07) is 15.9. The van der Waals surface area contributed by atoms with Crippen molar-refractivity contribution in [2.75, 3.05) is 25.1 Å². The van der Waals surface area contributed by atoms with Crippen molar-refractivity contribution in [2.24, 2.45) is 0 Å². The molecule has 8 nitrogen and oxygen atoms in total. The smallest absolute Gasteiger partial charge is 0.254 e. The molecular formula is C29H32ClN5O3. The molecule has 0 saturated carbocycles. The van der Waals surface area contributed by atoms with E-state index >= 15 is 0 Å². The summed E-state index contributed by atoms with van der Waals surface area (Å²) in [6.45, 7) is 5.78. The summed E-state index contributed by atoms with van der Waals surface area (Å²) in [5, 5.41) is 6.85. The lowest BCUT2D eigenvalue weighted by Crippen LogP contribution is -2.49. The molecule has 38 heavy (non-hydrogen) atoms. The lowest BCUT2D eigenvalue weighted by Gasteiger charge is -2.27. The first-order valence-corrected chi connectivity index (χ1v) is 13.3. The summed E-state index contributed by atoms with van der Waals surface area (Å²) in [7, 11) is 0. The van der Waals surface area contributed by atoms with E-state index in [9.17, 15) is 9.59 Å². The van der Waals surface area contributed by atoms with Crippen molar-refractivity contribution in [1.29, 1.82) is 0 Å². The molecule has 1 fully saturated rings. The molecule has 2 aliphatic rings. The first kappa shape index (κ1) is 26.1. The Balaban J connectivity index is 1.25. The van der Waals surface area contributed by atoms with Crippen LogP contribution in [0.15, 0.2) is 54.7 Å². The van der Waals surface area contributed by atoms with Crippen LogP contribution in [0.2, 0.25) is 5.02 Å². The van der Waals surface area contributed by atoms with Crippen molar-refractivity contribution in [3.8, 4) is 11.3 Å². The summed E-state index contributed by atoms with van der Waals surface area (Å²) in [5.41, 5.74) is 3.43. The molecule has 3 heterocycles. The molecule has 0 spiro atoms. The molecule has 2 aliphatic heterocycles. The van der Waals surface area contributed by atoms with Crippen LogP contribution in [0.4, 0.5) is 5.95 Å². The second-order valence-electron chi connectivity index (χ2n) is 10.5. The molecule has 2 N–H and O–H groups in total. The third-order valence-corrected chi connectivity index (χ3v) is 7.14. The lowest BCUT2D eigenvalue weighted by molar-refractivity contribution is -0.123. The van der Waals surface area contributed by atoms with Crippen molar-refractivity contribution < 1.29 is 14.3 Å². The Morgan fingerprint density at radius 3 is 2.68 bits per heavy atom. The highest BCUT2D eigenvalue weighted by Gasteiger charge is 2.31. The van der Waals surface area contributed by atoms with E-state index in [0.29, 0.717) is 48.4 Å². The minimum Gasteiger partial charge on any atom is -0.381 e. The highest BCUT2D eigenvalue weighted by Crippen LogP contribution is 2.31. The average molecular weight is 534 g/mol. The van der Waals surface area contributed by atoms with Crippen molar-refractivity contribution in [1.82, 2.24) is 20.2 Å². The minimum atomic E-state index is -0.443. The predicted molar refractivity (Wildman–Crippen MR) is 147 cm³/mol. The highest BCUT2D eigenvalue weighted by atomic mass is 35.5. The second kappa shape index (κ2) is 11.1. The number of benzene rings is 2. The van der Waals surface area contributed by atoms with Gasteiger partial charge in [-0.05, 0) is 50.3 Å². The highest BCUT2D eigenvalue weighted by molar-refractivity contribution is 6.33. The number of carbonyl (C=O) groups excluding carboxylic acids is 2. The molecule has 3 aromatic rings. The summed E-state index contributed by atoms with van der Waals surface area (Å²) in [6.07, 6.45) is 4.06. The van der Waals surface area contributed by atoms with Crippen LogP contribution < -0.4 is 10.6 Å². The van der Waals surface area contributed by atoms with Crippen molar-refractivity contribution >= 4 is 29.4 Å². The maximum atomic E-state index is 13.2. The van der Waals surface area contributed by atoms with Gasteiger partial charge in [0.2, 0.25) is 11.9 Å². The predicted octanol–water partition coefficient (Wildman–Crippen LogP) is 4.48. The normalized spacial score (nSPS) is 15.9. The van der Waals surface area contributed by atoms with Gasteiger partial charge < -0.3 is 20.3 Å². The zero-order chi connectivity index (χ0) is 26.7. The van der Waals surface area contributed by atoms with E-state index in [1.54, 1.807) is 17.2 Å². The number of amides is 2. The van der Waals surface area contributed by atoms with E-state index < -0.39 is 5.54 Å². The molecule has 0 unspecified atom stereocenters. The number of anilines is 1. The number of fused-ring (bicyclic) bond motifs is 1. The van der Waals surface area contributed by atoms with Crippen LogP contribution in [0, 0.1) is 0 Å². The lowest BCUT2D eigenvalue weighted by atomic mass is 9.95. The van der Waals surface area contributed by atoms with Gasteiger partial charge in [-0.3, -0.25) is 9.59 Å². The van der Waals surface area contributed by atoms with Crippen molar-refractivity contribution in [2.45, 2.75) is 51.2 Å². The molecule has 0 radical (unpaired) electrons. The maximum absolute atomic E-state index is 13.2. The Labute approximate surface area is 227 Å². The van der Waals surface area contributed by atoms with Crippen LogP contribution in [0.25, 0.3) is 11.3 Å². The Kier molecular flexibility index (Phi) is 7.63. The van der Waals surface area contributed by atoms with Gasteiger partial charge in [-0.1, -0.05) is 54.1 Å². The van der Waals surface area contributed by atoms with Crippen LogP contribution in [0.3, 0.4) is 0 Å². The number of nitrogens with zero attached hydrogens (tertiary/aromatic N) is 3. The van der Waals surface area contributed by atoms with Gasteiger partial charge in [-0.15, -0.1) is 0 Å². The number of ether oxygens (including phenoxy) is 1. The van der Waals surface area contributed by atoms with E-state index in [-0.39, 0.29) is 24.4 Å². The molecule has 0 atom stereocenters. The molecular weight excluding hydrogens is 502 g/mol. The number of rotatable bonds is 8. The van der Waals surface area contributed by atoms with E-state index in [2.05, 4.69) is 20.6 Å². The third kappa shape index (κ3) is 6.14. The van der Waals surface area contributed by atoms with Crippen LogP contribution in [0.5, 0.6) is 0 Å². The Bertz CT molecular complexity index is 1330. The van der Waals surface area contributed by atoms with E-state index in [1.807, 2.05) is 56.3 Å². The fourth-order valence-corrected chi connectivity index (χ4v) is 5.24. The molecule has 9 heteroatoms. The molecule has 0 aliphatic carbocycles. The molecule has 2 aromatic carbocycles. The Morgan fingerprint density at radius 2 is 1.92 bits per heavy atom. The first-order valence-electron chi connectivity index (χ1n) is 12.9. The standard InChI is InChI=1S/C29H32ClN5O3/c1-29(2,15-19-6-4-3-5-7-19)34-25(36)18-35-17-21-9-8-20(14-23(21)27(35)37)26-24(30)16-31-28(33-26)32-22-10-12-38-13-11-22/h3-9,14,16,22H,10-13,15,17-18H2,1-2H3,(H,34,36)(H,31,32,33). The molecule has 198 valence electrons. The average Bonchev–Trinajstić information content (AvgIpc) is 3.20. The summed E-state index contributed by atoms with van der Waals surface area (Å²) in [5.74, 6) is 0.137. The van der Waals surface area contributed by atoms with Crippen LogP contribution >= 0.6 is 11.6 Å². The van der Waals surface area contributed by atoms with Gasteiger partial charge in [0.1, 0.15) is 6.54 Å². The second-order valence-corrected chi connectivity index (χ2v) is 11.0. The van der Waals surface area contributed by atoms with E-state index in [1.165, 1.54) is 0 Å². The zero-order valence-electron chi connectivity index (χ0n) is 21.7. The monoisotopic (exact) mass is 533 g/mol. The maximum Gasteiger partial charge on any atom is 0.254 e. The van der Waals surface area contributed by atoms with Gasteiger partial charge in [0.05, 0.1) is 16.9 Å². The molecule has 1 saturated heterocycles. The molecule has 2 amide bonds. The number of nitrogens with one attached hydrogen (secondary N) is 2. The number of carbonyl (C=O) groups is 2. The number of halogens is 1. The van der Waals surface area contributed by atoms with Crippen LogP contribution in [-0.4, -0.2) is 58.0 Å². The van der Waals surface area contributed by atoms with Gasteiger partial charge in [0.15, 0.2) is 0 Å². The van der Waals surface area contributed by atoms with Gasteiger partial charge >= 0.3 is 0 Å². The van der Waals surface area contributed by atoms with Crippen LogP contribution in [0.1, 0.15) is 48.2 Å². The fraction of sp³-hybridized carbons (Fsp3) is 0.379.